The summed E-state index contributed by atoms with van der Waals surface area (Å²) in [6.45, 7) is 8.82. The summed E-state index contributed by atoms with van der Waals surface area (Å²) in [6, 6.07) is 15.0. The summed E-state index contributed by atoms with van der Waals surface area (Å²) >= 11 is 0. The lowest BCUT2D eigenvalue weighted by Gasteiger charge is -2.48. The van der Waals surface area contributed by atoms with Gasteiger partial charge in [0, 0.05) is 30.4 Å². The van der Waals surface area contributed by atoms with Crippen molar-refractivity contribution in [3.05, 3.63) is 65.2 Å². The smallest absolute Gasteiger partial charge is 0.412 e. The molecule has 2 aliphatic rings. The predicted octanol–water partition coefficient (Wildman–Crippen LogP) is 3.70. The minimum absolute atomic E-state index is 0.0540. The number of rotatable bonds is 7. The van der Waals surface area contributed by atoms with Crippen LogP contribution in [0.25, 0.3) is 0 Å². The average Bonchev–Trinajstić information content (AvgIpc) is 2.84. The summed E-state index contributed by atoms with van der Waals surface area (Å²) < 4.78 is 5.33. The lowest BCUT2D eigenvalue weighted by atomic mass is 9.76. The van der Waals surface area contributed by atoms with E-state index in [4.69, 9.17) is 4.74 Å². The Morgan fingerprint density at radius 3 is 2.41 bits per heavy atom. The number of anilines is 1. The zero-order valence-electron chi connectivity index (χ0n) is 23.3. The molecule has 2 aromatic rings. The minimum Gasteiger partial charge on any atom is -0.444 e. The molecule has 0 spiro atoms. The Balaban J connectivity index is 1.19. The first kappa shape index (κ1) is 28.6. The van der Waals surface area contributed by atoms with Gasteiger partial charge < -0.3 is 20.5 Å². The molecular weight excluding hydrogens is 496 g/mol. The van der Waals surface area contributed by atoms with Crippen LogP contribution in [-0.4, -0.2) is 65.2 Å². The van der Waals surface area contributed by atoms with Crippen molar-refractivity contribution in [3.63, 3.8) is 0 Å². The first-order chi connectivity index (χ1) is 18.4. The fraction of sp³-hybridized carbons (Fsp3) is 0.500. The Kier molecular flexibility index (Phi) is 8.61. The number of likely N-dealkylation sites (tertiary alicyclic amines) is 1. The van der Waals surface area contributed by atoms with Crippen molar-refractivity contribution in [3.8, 4) is 0 Å². The van der Waals surface area contributed by atoms with Gasteiger partial charge in [-0.1, -0.05) is 29.8 Å². The normalized spacial score (nSPS) is 21.9. The Labute approximate surface area is 230 Å². The second-order valence-corrected chi connectivity index (χ2v) is 11.7. The van der Waals surface area contributed by atoms with Crippen LogP contribution in [0.15, 0.2) is 48.5 Å². The molecule has 0 atom stereocenters. The number of nitrogens with one attached hydrogen (secondary N) is 3. The summed E-state index contributed by atoms with van der Waals surface area (Å²) in [5.74, 6) is -0.455. The number of nitrogens with zero attached hydrogens (tertiary/aromatic N) is 1. The van der Waals surface area contributed by atoms with Crippen molar-refractivity contribution < 1.29 is 24.2 Å². The Morgan fingerprint density at radius 1 is 1.05 bits per heavy atom. The molecule has 1 aliphatic carbocycles. The third-order valence-corrected chi connectivity index (χ3v) is 7.31. The van der Waals surface area contributed by atoms with E-state index in [1.807, 2.05) is 58.0 Å². The number of hydrogen-bond donors (Lipinski definition) is 4. The Morgan fingerprint density at radius 2 is 1.74 bits per heavy atom. The molecule has 1 saturated heterocycles. The van der Waals surface area contributed by atoms with Crippen LogP contribution >= 0.6 is 0 Å². The SMILES string of the molecule is Cc1cccc(C(=O)NCC(=O)NC2CN(C3CCC(O)(c4cccc(NC(=O)OC(C)(C)C)c4)CC3)C2)c1. The second-order valence-electron chi connectivity index (χ2n) is 11.7. The summed E-state index contributed by atoms with van der Waals surface area (Å²) in [6.07, 6.45) is 2.39. The minimum atomic E-state index is -0.948. The van der Waals surface area contributed by atoms with Gasteiger partial charge in [0.05, 0.1) is 18.2 Å². The number of carbonyl (C=O) groups excluding carboxylic acids is 3. The van der Waals surface area contributed by atoms with Crippen molar-refractivity contribution in [1.29, 1.82) is 0 Å². The van der Waals surface area contributed by atoms with Gasteiger partial charge in [0.25, 0.3) is 5.91 Å². The molecule has 0 radical (unpaired) electrons. The Hall–Kier alpha value is -3.43. The van der Waals surface area contributed by atoms with Gasteiger partial charge in [0.2, 0.25) is 5.91 Å². The molecule has 9 nitrogen and oxygen atoms in total. The second kappa shape index (κ2) is 11.8. The third kappa shape index (κ3) is 7.80. The highest BCUT2D eigenvalue weighted by Gasteiger charge is 2.40. The zero-order valence-corrected chi connectivity index (χ0v) is 23.3. The number of ether oxygens (including phenoxy) is 1. The van der Waals surface area contributed by atoms with E-state index in [0.717, 1.165) is 37.1 Å². The van der Waals surface area contributed by atoms with Gasteiger partial charge in [-0.2, -0.15) is 0 Å². The largest absolute Gasteiger partial charge is 0.444 e. The van der Waals surface area contributed by atoms with Crippen molar-refractivity contribution in [2.45, 2.75) is 76.7 Å². The molecule has 39 heavy (non-hydrogen) atoms. The summed E-state index contributed by atoms with van der Waals surface area (Å²) in [5.41, 5.74) is 1.38. The molecule has 1 heterocycles. The molecule has 210 valence electrons. The van der Waals surface area contributed by atoms with Crippen LogP contribution in [0.4, 0.5) is 10.5 Å². The van der Waals surface area contributed by atoms with Gasteiger partial charge in [0.1, 0.15) is 5.60 Å². The van der Waals surface area contributed by atoms with E-state index in [2.05, 4.69) is 20.9 Å². The van der Waals surface area contributed by atoms with E-state index in [1.54, 1.807) is 18.2 Å². The van der Waals surface area contributed by atoms with Crippen molar-refractivity contribution in [2.75, 3.05) is 25.0 Å². The van der Waals surface area contributed by atoms with E-state index < -0.39 is 17.3 Å². The van der Waals surface area contributed by atoms with Gasteiger partial charge in [-0.3, -0.25) is 19.8 Å². The van der Waals surface area contributed by atoms with E-state index in [1.165, 1.54) is 0 Å². The standard InChI is InChI=1S/C30H40N4O5/c1-20-7-5-8-21(15-20)27(36)31-17-26(35)32-24-18-34(19-24)25-11-13-30(38,14-12-25)22-9-6-10-23(16-22)33-28(37)39-29(2,3)4/h5-10,15-16,24-25,38H,11-14,17-19H2,1-4H3,(H,31,36)(H,32,35)(H,33,37). The quantitative estimate of drug-likeness (QED) is 0.428. The zero-order chi connectivity index (χ0) is 28.2. The maximum Gasteiger partial charge on any atom is 0.412 e. The first-order valence-electron chi connectivity index (χ1n) is 13.6. The molecule has 0 unspecified atom stereocenters. The lowest BCUT2D eigenvalue weighted by Crippen LogP contribution is -2.63. The number of benzene rings is 2. The summed E-state index contributed by atoms with van der Waals surface area (Å²) in [5, 5.41) is 19.8. The van der Waals surface area contributed by atoms with Crippen molar-refractivity contribution in [1.82, 2.24) is 15.5 Å². The lowest BCUT2D eigenvalue weighted by molar-refractivity contribution is -0.122. The summed E-state index contributed by atoms with van der Waals surface area (Å²) in [4.78, 5) is 39.1. The fourth-order valence-corrected chi connectivity index (χ4v) is 5.27. The van der Waals surface area contributed by atoms with Gasteiger partial charge in [0.15, 0.2) is 0 Å². The van der Waals surface area contributed by atoms with Gasteiger partial charge in [-0.05, 0) is 83.2 Å². The third-order valence-electron chi connectivity index (χ3n) is 7.31. The molecule has 1 saturated carbocycles. The molecule has 1 aliphatic heterocycles. The van der Waals surface area contributed by atoms with Crippen LogP contribution in [0.1, 0.15) is 67.9 Å². The molecule has 2 aromatic carbocycles. The van der Waals surface area contributed by atoms with Crippen molar-refractivity contribution >= 4 is 23.6 Å². The topological polar surface area (TPSA) is 120 Å². The fourth-order valence-electron chi connectivity index (χ4n) is 5.27. The van der Waals surface area contributed by atoms with E-state index >= 15 is 0 Å². The maximum absolute atomic E-state index is 12.3. The van der Waals surface area contributed by atoms with Gasteiger partial charge in [-0.25, -0.2) is 4.79 Å². The van der Waals surface area contributed by atoms with Gasteiger partial charge in [-0.15, -0.1) is 0 Å². The molecule has 0 aromatic heterocycles. The van der Waals surface area contributed by atoms with Crippen LogP contribution in [-0.2, 0) is 15.1 Å². The monoisotopic (exact) mass is 536 g/mol. The maximum atomic E-state index is 12.3. The predicted molar refractivity (Wildman–Crippen MR) is 149 cm³/mol. The molecule has 0 bridgehead atoms. The molecule has 9 heteroatoms. The summed E-state index contributed by atoms with van der Waals surface area (Å²) in [7, 11) is 0. The average molecular weight is 537 g/mol. The van der Waals surface area contributed by atoms with Crippen LogP contribution in [0.5, 0.6) is 0 Å². The highest BCUT2D eigenvalue weighted by molar-refractivity contribution is 5.96. The van der Waals surface area contributed by atoms with Crippen LogP contribution in [0.2, 0.25) is 0 Å². The molecular formula is C30H40N4O5. The number of aryl methyl sites for hydroxylation is 1. The highest BCUT2D eigenvalue weighted by atomic mass is 16.6. The number of aliphatic hydroxyl groups is 1. The number of carbonyl (C=O) groups is 3. The van der Waals surface area contributed by atoms with Crippen LogP contribution in [0, 0.1) is 6.92 Å². The van der Waals surface area contributed by atoms with E-state index in [-0.39, 0.29) is 24.4 Å². The van der Waals surface area contributed by atoms with Crippen LogP contribution in [0.3, 0.4) is 0 Å². The molecule has 3 amide bonds. The Bertz CT molecular complexity index is 1190. The molecule has 4 N–H and O–H groups in total. The number of amides is 3. The van der Waals surface area contributed by atoms with E-state index in [0.29, 0.717) is 30.1 Å². The van der Waals surface area contributed by atoms with E-state index in [9.17, 15) is 19.5 Å². The van der Waals surface area contributed by atoms with Gasteiger partial charge >= 0.3 is 6.09 Å². The van der Waals surface area contributed by atoms with Crippen LogP contribution < -0.4 is 16.0 Å². The molecule has 4 rings (SSSR count). The molecule has 2 fully saturated rings. The van der Waals surface area contributed by atoms with Crippen molar-refractivity contribution in [2.24, 2.45) is 0 Å². The first-order valence-corrected chi connectivity index (χ1v) is 13.6. The highest BCUT2D eigenvalue weighted by Crippen LogP contribution is 2.40. The number of hydrogen-bond acceptors (Lipinski definition) is 6.